The van der Waals surface area contributed by atoms with Gasteiger partial charge in [-0.05, 0) is 35.4 Å². The summed E-state index contributed by atoms with van der Waals surface area (Å²) in [6, 6.07) is 18.8. The minimum atomic E-state index is -0.823. The minimum Gasteiger partial charge on any atom is -0.350 e. The number of nitrogens with one attached hydrogen (secondary N) is 1. The number of halogens is 2. The molecule has 190 valence electrons. The van der Waals surface area contributed by atoms with E-state index in [9.17, 15) is 9.59 Å². The highest BCUT2D eigenvalue weighted by atomic mass is 35.5. The predicted octanol–water partition coefficient (Wildman–Crippen LogP) is 4.29. The standard InChI is InChI=1S/C27H21Cl2N7O2/c28-20-8-9-23(36-16-25(29)33-34-36)21(12-20)22-13-26(37)35(17-32-22)24(11-18-5-2-1-3-6-18)27(38)31-15-19-7-4-10-30-14-19/h1-10,12-14,16-17,24H,11,15H2,(H,31,38)/t24-/m0/s1. The van der Waals surface area contributed by atoms with E-state index in [4.69, 9.17) is 23.2 Å². The maximum absolute atomic E-state index is 13.4. The lowest BCUT2D eigenvalue weighted by molar-refractivity contribution is -0.124. The lowest BCUT2D eigenvalue weighted by atomic mass is 10.0. The van der Waals surface area contributed by atoms with Crippen LogP contribution in [0.1, 0.15) is 17.2 Å². The first kappa shape index (κ1) is 25.3. The van der Waals surface area contributed by atoms with Crippen LogP contribution < -0.4 is 10.9 Å². The Morgan fingerprint density at radius 1 is 1.00 bits per heavy atom. The summed E-state index contributed by atoms with van der Waals surface area (Å²) in [5.74, 6) is -0.310. The van der Waals surface area contributed by atoms with E-state index in [1.54, 1.807) is 36.7 Å². The van der Waals surface area contributed by atoms with Crippen LogP contribution in [0, 0.1) is 0 Å². The maximum atomic E-state index is 13.4. The van der Waals surface area contributed by atoms with Crippen LogP contribution in [-0.2, 0) is 17.8 Å². The summed E-state index contributed by atoms with van der Waals surface area (Å²) in [5.41, 5.74) is 2.88. The molecule has 1 amide bonds. The molecule has 1 N–H and O–H groups in total. The maximum Gasteiger partial charge on any atom is 0.254 e. The first-order valence-electron chi connectivity index (χ1n) is 11.6. The number of hydrogen-bond acceptors (Lipinski definition) is 6. The van der Waals surface area contributed by atoms with Gasteiger partial charge in [0.25, 0.3) is 5.56 Å². The fourth-order valence-electron chi connectivity index (χ4n) is 4.03. The minimum absolute atomic E-state index is 0.218. The van der Waals surface area contributed by atoms with E-state index in [1.165, 1.54) is 27.8 Å². The Morgan fingerprint density at radius 2 is 1.82 bits per heavy atom. The summed E-state index contributed by atoms with van der Waals surface area (Å²) in [5, 5.41) is 11.4. The van der Waals surface area contributed by atoms with Crippen LogP contribution >= 0.6 is 23.2 Å². The van der Waals surface area contributed by atoms with Gasteiger partial charge in [0.1, 0.15) is 6.04 Å². The second kappa shape index (κ2) is 11.4. The van der Waals surface area contributed by atoms with Gasteiger partial charge in [0, 0.05) is 42.0 Å². The van der Waals surface area contributed by atoms with Crippen molar-refractivity contribution in [2.24, 2.45) is 0 Å². The van der Waals surface area contributed by atoms with Crippen molar-refractivity contribution in [1.82, 2.24) is 34.8 Å². The lowest BCUT2D eigenvalue weighted by Gasteiger charge is -2.20. The van der Waals surface area contributed by atoms with E-state index in [0.29, 0.717) is 28.4 Å². The summed E-state index contributed by atoms with van der Waals surface area (Å²) >= 11 is 12.2. The van der Waals surface area contributed by atoms with E-state index >= 15 is 0 Å². The van der Waals surface area contributed by atoms with Crippen LogP contribution in [0.4, 0.5) is 0 Å². The highest BCUT2D eigenvalue weighted by Gasteiger charge is 2.23. The van der Waals surface area contributed by atoms with Gasteiger partial charge in [-0.1, -0.05) is 64.8 Å². The quantitative estimate of drug-likeness (QED) is 0.311. The van der Waals surface area contributed by atoms with Crippen LogP contribution in [0.25, 0.3) is 16.9 Å². The van der Waals surface area contributed by atoms with Gasteiger partial charge in [-0.3, -0.25) is 19.1 Å². The van der Waals surface area contributed by atoms with Crippen LogP contribution in [0.5, 0.6) is 0 Å². The van der Waals surface area contributed by atoms with Crippen LogP contribution in [0.3, 0.4) is 0 Å². The molecule has 9 nitrogen and oxygen atoms in total. The third kappa shape index (κ3) is 5.80. The molecule has 0 unspecified atom stereocenters. The molecule has 0 aliphatic heterocycles. The van der Waals surface area contributed by atoms with Gasteiger partial charge in [0.2, 0.25) is 5.91 Å². The van der Waals surface area contributed by atoms with Crippen molar-refractivity contribution in [2.75, 3.05) is 0 Å². The molecule has 1 atom stereocenters. The molecule has 0 fully saturated rings. The molecule has 38 heavy (non-hydrogen) atoms. The average Bonchev–Trinajstić information content (AvgIpc) is 3.37. The van der Waals surface area contributed by atoms with Gasteiger partial charge in [-0.2, -0.15) is 0 Å². The van der Waals surface area contributed by atoms with Gasteiger partial charge in [-0.15, -0.1) is 5.10 Å². The summed E-state index contributed by atoms with van der Waals surface area (Å²) in [7, 11) is 0. The Kier molecular flexibility index (Phi) is 7.57. The third-order valence-corrected chi connectivity index (χ3v) is 6.29. The first-order chi connectivity index (χ1) is 18.5. The molecule has 0 aliphatic rings. The fourth-order valence-corrected chi connectivity index (χ4v) is 4.33. The number of rotatable bonds is 8. The Morgan fingerprint density at radius 3 is 2.53 bits per heavy atom. The SMILES string of the molecule is O=C(NCc1cccnc1)[C@H](Cc1ccccc1)n1cnc(-c2cc(Cl)ccc2-n2cc(Cl)nn2)cc1=O. The molecule has 0 saturated heterocycles. The number of carbonyl (C=O) groups excluding carboxylic acids is 1. The summed E-state index contributed by atoms with van der Waals surface area (Å²) < 4.78 is 2.82. The molecule has 2 aromatic carbocycles. The van der Waals surface area contributed by atoms with E-state index in [-0.39, 0.29) is 17.6 Å². The zero-order chi connectivity index (χ0) is 26.5. The van der Waals surface area contributed by atoms with Crippen molar-refractivity contribution in [1.29, 1.82) is 0 Å². The van der Waals surface area contributed by atoms with E-state index in [2.05, 4.69) is 25.6 Å². The molecule has 3 aromatic heterocycles. The zero-order valence-corrected chi connectivity index (χ0v) is 21.4. The van der Waals surface area contributed by atoms with Crippen LogP contribution in [0.2, 0.25) is 10.2 Å². The molecule has 0 radical (unpaired) electrons. The smallest absolute Gasteiger partial charge is 0.254 e. The molecule has 3 heterocycles. The highest BCUT2D eigenvalue weighted by Crippen LogP contribution is 2.28. The molecule has 5 rings (SSSR count). The van der Waals surface area contributed by atoms with E-state index in [1.807, 2.05) is 36.4 Å². The fraction of sp³-hybridized carbons (Fsp3) is 0.111. The van der Waals surface area contributed by atoms with Gasteiger partial charge in [0.05, 0.1) is 23.9 Å². The van der Waals surface area contributed by atoms with Crippen molar-refractivity contribution in [3.63, 3.8) is 0 Å². The molecule has 11 heteroatoms. The Hall–Kier alpha value is -4.34. The Balaban J connectivity index is 1.49. The second-order valence-electron chi connectivity index (χ2n) is 8.45. The number of carbonyl (C=O) groups is 1. The molecular formula is C27H21Cl2N7O2. The molecule has 0 aliphatic carbocycles. The van der Waals surface area contributed by atoms with Gasteiger partial charge in [0.15, 0.2) is 5.15 Å². The lowest BCUT2D eigenvalue weighted by Crippen LogP contribution is -2.38. The van der Waals surface area contributed by atoms with Crippen molar-refractivity contribution in [3.05, 3.63) is 123 Å². The number of benzene rings is 2. The molecule has 0 saturated carbocycles. The normalized spacial score (nSPS) is 11.7. The van der Waals surface area contributed by atoms with Crippen LogP contribution in [-0.4, -0.2) is 35.4 Å². The third-order valence-electron chi connectivity index (χ3n) is 5.88. The molecular weight excluding hydrogens is 525 g/mol. The summed E-state index contributed by atoms with van der Waals surface area (Å²) in [6.07, 6.45) is 6.57. The van der Waals surface area contributed by atoms with Crippen molar-refractivity contribution in [2.45, 2.75) is 19.0 Å². The van der Waals surface area contributed by atoms with Crippen molar-refractivity contribution >= 4 is 29.1 Å². The molecule has 0 bridgehead atoms. The number of pyridine rings is 1. The number of nitrogens with zero attached hydrogens (tertiary/aromatic N) is 6. The number of amides is 1. The highest BCUT2D eigenvalue weighted by molar-refractivity contribution is 6.31. The predicted molar refractivity (Wildman–Crippen MR) is 144 cm³/mol. The first-order valence-corrected chi connectivity index (χ1v) is 12.4. The topological polar surface area (TPSA) is 108 Å². The Labute approximate surface area is 227 Å². The largest absolute Gasteiger partial charge is 0.350 e. The van der Waals surface area contributed by atoms with Crippen LogP contribution in [0.15, 0.2) is 96.4 Å². The molecule has 5 aromatic rings. The van der Waals surface area contributed by atoms with Gasteiger partial charge in [-0.25, -0.2) is 9.67 Å². The Bertz CT molecular complexity index is 1620. The van der Waals surface area contributed by atoms with E-state index in [0.717, 1.165) is 11.1 Å². The van der Waals surface area contributed by atoms with Crippen molar-refractivity contribution < 1.29 is 4.79 Å². The average molecular weight is 546 g/mol. The summed E-state index contributed by atoms with van der Waals surface area (Å²) in [6.45, 7) is 0.282. The summed E-state index contributed by atoms with van der Waals surface area (Å²) in [4.78, 5) is 35.4. The van der Waals surface area contributed by atoms with E-state index < -0.39 is 11.6 Å². The van der Waals surface area contributed by atoms with Crippen molar-refractivity contribution in [3.8, 4) is 16.9 Å². The monoisotopic (exact) mass is 545 g/mol. The number of hydrogen-bond donors (Lipinski definition) is 1. The zero-order valence-electron chi connectivity index (χ0n) is 19.9. The molecule has 0 spiro atoms. The van der Waals surface area contributed by atoms with Gasteiger partial charge >= 0.3 is 0 Å². The number of aromatic nitrogens is 6. The van der Waals surface area contributed by atoms with Gasteiger partial charge < -0.3 is 5.32 Å². The second-order valence-corrected chi connectivity index (χ2v) is 9.28.